The van der Waals surface area contributed by atoms with Gasteiger partial charge in [-0.25, -0.2) is 0 Å². The smallest absolute Gasteiger partial charge is 0.0474 e. The van der Waals surface area contributed by atoms with Crippen LogP contribution in [0.1, 0.15) is 27.2 Å². The normalized spacial score (nSPS) is 17.0. The molecule has 0 radical (unpaired) electrons. The number of aliphatic hydroxyl groups excluding tert-OH is 1. The van der Waals surface area contributed by atoms with E-state index in [1.165, 1.54) is 0 Å². The monoisotopic (exact) mass is 173 g/mol. The molecule has 0 aliphatic rings. The minimum Gasteiger partial charge on any atom is -0.396 e. The maximum Gasteiger partial charge on any atom is 0.0474 e. The highest BCUT2D eigenvalue weighted by atomic mass is 16.3. The van der Waals surface area contributed by atoms with Crippen LogP contribution in [-0.4, -0.2) is 36.8 Å². The summed E-state index contributed by atoms with van der Waals surface area (Å²) in [4.78, 5) is 2.22. The second-order valence-corrected chi connectivity index (χ2v) is 4.05. The second-order valence-electron chi connectivity index (χ2n) is 4.05. The van der Waals surface area contributed by atoms with Gasteiger partial charge < -0.3 is 10.0 Å². The van der Waals surface area contributed by atoms with Crippen molar-refractivity contribution in [1.82, 2.24) is 4.90 Å². The summed E-state index contributed by atoms with van der Waals surface area (Å²) < 4.78 is 0. The molecule has 0 spiro atoms. The molecule has 2 heteroatoms. The van der Waals surface area contributed by atoms with Gasteiger partial charge in [-0.05, 0) is 32.4 Å². The number of nitrogens with zero attached hydrogens (tertiary/aromatic N) is 1. The first-order chi connectivity index (χ1) is 5.54. The van der Waals surface area contributed by atoms with Gasteiger partial charge in [0.05, 0.1) is 0 Å². The largest absolute Gasteiger partial charge is 0.396 e. The first-order valence-electron chi connectivity index (χ1n) is 4.81. The fourth-order valence-corrected chi connectivity index (χ4v) is 2.04. The predicted molar refractivity (Wildman–Crippen MR) is 53.2 cm³/mol. The van der Waals surface area contributed by atoms with Crippen LogP contribution in [-0.2, 0) is 0 Å². The molecule has 0 aromatic carbocycles. The third-order valence-electron chi connectivity index (χ3n) is 2.52. The van der Waals surface area contributed by atoms with Gasteiger partial charge in [0.2, 0.25) is 0 Å². The summed E-state index contributed by atoms with van der Waals surface area (Å²) in [5.74, 6) is 1.03. The van der Waals surface area contributed by atoms with Crippen molar-refractivity contribution in [1.29, 1.82) is 0 Å². The highest BCUT2D eigenvalue weighted by Gasteiger charge is 2.23. The maximum absolute atomic E-state index is 9.17. The summed E-state index contributed by atoms with van der Waals surface area (Å²) in [6.07, 6.45) is 1.05. The number of aliphatic hydroxyl groups is 1. The lowest BCUT2D eigenvalue weighted by Crippen LogP contribution is -2.40. The van der Waals surface area contributed by atoms with E-state index in [9.17, 15) is 0 Å². The zero-order chi connectivity index (χ0) is 9.72. The molecule has 0 rings (SSSR count). The molecular formula is C10H23NO. The summed E-state index contributed by atoms with van der Waals surface area (Å²) in [5.41, 5.74) is 0. The molecule has 0 aromatic heterocycles. The van der Waals surface area contributed by atoms with Crippen LogP contribution in [0.2, 0.25) is 0 Å². The molecule has 12 heavy (non-hydrogen) atoms. The van der Waals surface area contributed by atoms with Crippen LogP contribution in [0, 0.1) is 11.8 Å². The topological polar surface area (TPSA) is 23.5 Å². The Morgan fingerprint density at radius 1 is 1.25 bits per heavy atom. The van der Waals surface area contributed by atoms with Gasteiger partial charge in [0, 0.05) is 12.6 Å². The summed E-state index contributed by atoms with van der Waals surface area (Å²) >= 11 is 0. The summed E-state index contributed by atoms with van der Waals surface area (Å²) in [6, 6.07) is 0.500. The Balaban J connectivity index is 4.26. The zero-order valence-electron chi connectivity index (χ0n) is 9.04. The van der Waals surface area contributed by atoms with E-state index in [0.717, 1.165) is 6.42 Å². The third kappa shape index (κ3) is 3.11. The van der Waals surface area contributed by atoms with E-state index in [0.29, 0.717) is 24.5 Å². The molecule has 0 saturated heterocycles. The minimum atomic E-state index is 0.303. The van der Waals surface area contributed by atoms with Crippen molar-refractivity contribution in [3.05, 3.63) is 0 Å². The Kier molecular flexibility index (Phi) is 5.51. The van der Waals surface area contributed by atoms with Gasteiger partial charge in [-0.1, -0.05) is 20.8 Å². The SMILES string of the molecule is CCC(CO)C(C(C)C)N(C)C. The molecule has 0 bridgehead atoms. The van der Waals surface area contributed by atoms with Crippen LogP contribution in [0.5, 0.6) is 0 Å². The third-order valence-corrected chi connectivity index (χ3v) is 2.52. The van der Waals surface area contributed by atoms with Crippen molar-refractivity contribution < 1.29 is 5.11 Å². The average molecular weight is 173 g/mol. The van der Waals surface area contributed by atoms with E-state index in [1.807, 2.05) is 0 Å². The second kappa shape index (κ2) is 5.55. The molecule has 74 valence electrons. The van der Waals surface area contributed by atoms with E-state index in [1.54, 1.807) is 0 Å². The van der Waals surface area contributed by atoms with Crippen molar-refractivity contribution in [2.45, 2.75) is 33.2 Å². The van der Waals surface area contributed by atoms with Gasteiger partial charge in [0.1, 0.15) is 0 Å². The Labute approximate surface area is 76.6 Å². The summed E-state index contributed by atoms with van der Waals surface area (Å²) in [5, 5.41) is 9.17. The molecule has 0 aliphatic heterocycles. The van der Waals surface area contributed by atoms with E-state index in [2.05, 4.69) is 39.8 Å². The van der Waals surface area contributed by atoms with Crippen LogP contribution in [0.3, 0.4) is 0 Å². The summed E-state index contributed by atoms with van der Waals surface area (Å²) in [7, 11) is 4.17. The molecule has 0 fully saturated rings. The fourth-order valence-electron chi connectivity index (χ4n) is 2.04. The van der Waals surface area contributed by atoms with Crippen molar-refractivity contribution in [2.75, 3.05) is 20.7 Å². The van der Waals surface area contributed by atoms with Gasteiger partial charge >= 0.3 is 0 Å². The molecule has 0 aliphatic carbocycles. The lowest BCUT2D eigenvalue weighted by atomic mass is 9.88. The lowest BCUT2D eigenvalue weighted by Gasteiger charge is -2.33. The quantitative estimate of drug-likeness (QED) is 0.682. The molecule has 0 aromatic rings. The van der Waals surface area contributed by atoms with Gasteiger partial charge in [-0.2, -0.15) is 0 Å². The lowest BCUT2D eigenvalue weighted by molar-refractivity contribution is 0.0995. The van der Waals surface area contributed by atoms with Gasteiger partial charge in [-0.15, -0.1) is 0 Å². The van der Waals surface area contributed by atoms with E-state index < -0.39 is 0 Å². The Bertz CT molecular complexity index is 100. The molecule has 1 N–H and O–H groups in total. The van der Waals surface area contributed by atoms with Gasteiger partial charge in [0.15, 0.2) is 0 Å². The molecule has 0 heterocycles. The van der Waals surface area contributed by atoms with Crippen LogP contribution < -0.4 is 0 Å². The van der Waals surface area contributed by atoms with Crippen molar-refractivity contribution in [3.63, 3.8) is 0 Å². The average Bonchev–Trinajstić information content (AvgIpc) is 1.98. The first kappa shape index (κ1) is 11.9. The Morgan fingerprint density at radius 2 is 1.75 bits per heavy atom. The Hall–Kier alpha value is -0.0800. The number of hydrogen-bond donors (Lipinski definition) is 1. The molecule has 2 nitrogen and oxygen atoms in total. The van der Waals surface area contributed by atoms with Gasteiger partial charge in [0.25, 0.3) is 0 Å². The molecule has 0 saturated carbocycles. The van der Waals surface area contributed by atoms with Crippen LogP contribution in [0.25, 0.3) is 0 Å². The minimum absolute atomic E-state index is 0.303. The number of rotatable bonds is 5. The molecule has 2 unspecified atom stereocenters. The van der Waals surface area contributed by atoms with Crippen LogP contribution in [0.4, 0.5) is 0 Å². The maximum atomic E-state index is 9.17. The Morgan fingerprint density at radius 3 is 1.83 bits per heavy atom. The zero-order valence-corrected chi connectivity index (χ0v) is 9.04. The van der Waals surface area contributed by atoms with E-state index in [4.69, 9.17) is 5.11 Å². The van der Waals surface area contributed by atoms with E-state index in [-0.39, 0.29) is 0 Å². The molecular weight excluding hydrogens is 150 g/mol. The highest BCUT2D eigenvalue weighted by Crippen LogP contribution is 2.19. The fraction of sp³-hybridized carbons (Fsp3) is 1.00. The highest BCUT2D eigenvalue weighted by molar-refractivity contribution is 4.77. The van der Waals surface area contributed by atoms with Crippen LogP contribution in [0.15, 0.2) is 0 Å². The van der Waals surface area contributed by atoms with Crippen LogP contribution >= 0.6 is 0 Å². The predicted octanol–water partition coefficient (Wildman–Crippen LogP) is 1.59. The number of hydrogen-bond acceptors (Lipinski definition) is 2. The molecule has 2 atom stereocenters. The van der Waals surface area contributed by atoms with Crippen molar-refractivity contribution in [3.8, 4) is 0 Å². The van der Waals surface area contributed by atoms with Gasteiger partial charge in [-0.3, -0.25) is 0 Å². The van der Waals surface area contributed by atoms with Crippen molar-refractivity contribution >= 4 is 0 Å². The van der Waals surface area contributed by atoms with E-state index >= 15 is 0 Å². The first-order valence-corrected chi connectivity index (χ1v) is 4.81. The molecule has 0 amide bonds. The standard InChI is InChI=1S/C10H23NO/c1-6-9(7-12)10(8(2)3)11(4)5/h8-10,12H,6-7H2,1-5H3. The summed E-state index contributed by atoms with van der Waals surface area (Å²) in [6.45, 7) is 6.86. The van der Waals surface area contributed by atoms with Crippen molar-refractivity contribution in [2.24, 2.45) is 11.8 Å².